The maximum Gasteiger partial charge on any atom is 0.252 e. The number of hydrogen-bond donors (Lipinski definition) is 1. The summed E-state index contributed by atoms with van der Waals surface area (Å²) in [5.74, 6) is 0.000656. The van der Waals surface area contributed by atoms with Crippen molar-refractivity contribution in [2.24, 2.45) is 0 Å². The van der Waals surface area contributed by atoms with Crippen LogP contribution in [0.1, 0.15) is 69.5 Å². The second kappa shape index (κ2) is 6.23. The van der Waals surface area contributed by atoms with Crippen LogP contribution >= 0.6 is 0 Å². The van der Waals surface area contributed by atoms with Crippen LogP contribution in [0.25, 0.3) is 0 Å². The van der Waals surface area contributed by atoms with Gasteiger partial charge >= 0.3 is 0 Å². The first-order chi connectivity index (χ1) is 11.4. The van der Waals surface area contributed by atoms with Crippen LogP contribution in [-0.4, -0.2) is 21.5 Å². The highest BCUT2D eigenvalue weighted by molar-refractivity contribution is 6.05. The van der Waals surface area contributed by atoms with Gasteiger partial charge in [0.25, 0.3) is 5.91 Å². The molecule has 1 atom stereocenters. The highest BCUT2D eigenvalue weighted by atomic mass is 16.1. The van der Waals surface area contributed by atoms with Gasteiger partial charge in [0, 0.05) is 35.3 Å². The third-order valence-corrected chi connectivity index (χ3v) is 4.84. The summed E-state index contributed by atoms with van der Waals surface area (Å²) >= 11 is 0. The lowest BCUT2D eigenvalue weighted by atomic mass is 10.0. The zero-order valence-corrected chi connectivity index (χ0v) is 14.6. The molecular weight excluding hydrogens is 302 g/mol. The number of rotatable bonds is 4. The van der Waals surface area contributed by atoms with Crippen molar-refractivity contribution in [1.82, 2.24) is 15.1 Å². The summed E-state index contributed by atoms with van der Waals surface area (Å²) in [5.41, 5.74) is 5.27. The van der Waals surface area contributed by atoms with Crippen LogP contribution in [0.4, 0.5) is 0 Å². The molecule has 0 radical (unpaired) electrons. The van der Waals surface area contributed by atoms with Crippen molar-refractivity contribution < 1.29 is 9.59 Å². The summed E-state index contributed by atoms with van der Waals surface area (Å²) in [6.45, 7) is 8.83. The largest absolute Gasteiger partial charge is 0.345 e. The van der Waals surface area contributed by atoms with Crippen LogP contribution in [0.2, 0.25) is 0 Å². The number of carbonyl (C=O) groups excluding carboxylic acids is 2. The van der Waals surface area contributed by atoms with Gasteiger partial charge in [-0.25, -0.2) is 0 Å². The van der Waals surface area contributed by atoms with Crippen LogP contribution in [0.3, 0.4) is 0 Å². The minimum atomic E-state index is -0.134. The van der Waals surface area contributed by atoms with Crippen LogP contribution in [-0.2, 0) is 13.0 Å². The van der Waals surface area contributed by atoms with Crippen LogP contribution in [0, 0.1) is 13.8 Å². The van der Waals surface area contributed by atoms with Gasteiger partial charge in [0.15, 0.2) is 5.78 Å². The van der Waals surface area contributed by atoms with Crippen molar-refractivity contribution in [2.75, 3.05) is 0 Å². The van der Waals surface area contributed by atoms with E-state index in [1.807, 2.05) is 31.5 Å². The van der Waals surface area contributed by atoms with E-state index in [1.165, 1.54) is 0 Å². The maximum atomic E-state index is 12.7. The summed E-state index contributed by atoms with van der Waals surface area (Å²) < 4.78 is 1.95. The fourth-order valence-corrected chi connectivity index (χ4v) is 3.70. The predicted octanol–water partition coefficient (Wildman–Crippen LogP) is 3.14. The van der Waals surface area contributed by atoms with Gasteiger partial charge in [-0.1, -0.05) is 12.1 Å². The Morgan fingerprint density at radius 3 is 2.75 bits per heavy atom. The standard InChI is InChI=1S/C19H23N3O2/c1-5-22-13(4)18(12(3)21-22)11(2)20-19(24)16-8-6-7-15-14(16)9-10-17(15)23/h6-8,11H,5,9-10H2,1-4H3,(H,20,24). The highest BCUT2D eigenvalue weighted by Gasteiger charge is 2.26. The molecule has 3 rings (SSSR count). The number of fused-ring (bicyclic) bond motifs is 1. The number of benzene rings is 1. The Kier molecular flexibility index (Phi) is 4.26. The van der Waals surface area contributed by atoms with E-state index in [-0.39, 0.29) is 17.7 Å². The van der Waals surface area contributed by atoms with Gasteiger partial charge in [-0.15, -0.1) is 0 Å². The van der Waals surface area contributed by atoms with Crippen molar-refractivity contribution in [1.29, 1.82) is 0 Å². The topological polar surface area (TPSA) is 64.0 Å². The van der Waals surface area contributed by atoms with Crippen LogP contribution in [0.5, 0.6) is 0 Å². The van der Waals surface area contributed by atoms with E-state index in [0.29, 0.717) is 24.0 Å². The number of Topliss-reactive ketones (excluding diaryl/α,β-unsaturated/α-hetero) is 1. The Labute approximate surface area is 142 Å². The quantitative estimate of drug-likeness (QED) is 0.939. The summed E-state index contributed by atoms with van der Waals surface area (Å²) in [6.07, 6.45) is 1.15. The summed E-state index contributed by atoms with van der Waals surface area (Å²) in [7, 11) is 0. The van der Waals surface area contributed by atoms with Crippen LogP contribution in [0.15, 0.2) is 18.2 Å². The van der Waals surface area contributed by atoms with Crippen molar-refractivity contribution in [3.05, 3.63) is 51.8 Å². The summed E-state index contributed by atoms with van der Waals surface area (Å²) in [5, 5.41) is 7.59. The summed E-state index contributed by atoms with van der Waals surface area (Å²) in [6, 6.07) is 5.26. The van der Waals surface area contributed by atoms with Gasteiger partial charge in [-0.3, -0.25) is 14.3 Å². The first-order valence-electron chi connectivity index (χ1n) is 8.43. The molecule has 5 heteroatoms. The van der Waals surface area contributed by atoms with Gasteiger partial charge in [0.05, 0.1) is 11.7 Å². The Hall–Kier alpha value is -2.43. The number of ketones is 1. The minimum Gasteiger partial charge on any atom is -0.345 e. The van der Waals surface area contributed by atoms with Crippen molar-refractivity contribution >= 4 is 11.7 Å². The van der Waals surface area contributed by atoms with E-state index in [9.17, 15) is 9.59 Å². The number of nitrogens with zero attached hydrogens (tertiary/aromatic N) is 2. The van der Waals surface area contributed by atoms with Gasteiger partial charge in [-0.2, -0.15) is 5.10 Å². The molecule has 1 heterocycles. The molecule has 0 fully saturated rings. The third-order valence-electron chi connectivity index (χ3n) is 4.84. The molecule has 24 heavy (non-hydrogen) atoms. The molecule has 0 spiro atoms. The molecule has 126 valence electrons. The fourth-order valence-electron chi connectivity index (χ4n) is 3.70. The first kappa shape index (κ1) is 16.4. The van der Waals surface area contributed by atoms with Crippen molar-refractivity contribution in [2.45, 2.75) is 53.1 Å². The number of nitrogens with one attached hydrogen (secondary N) is 1. The second-order valence-electron chi connectivity index (χ2n) is 6.35. The smallest absolute Gasteiger partial charge is 0.252 e. The molecule has 5 nitrogen and oxygen atoms in total. The maximum absolute atomic E-state index is 12.7. The number of aryl methyl sites for hydroxylation is 2. The van der Waals surface area contributed by atoms with Gasteiger partial charge in [-0.05, 0) is 45.7 Å². The van der Waals surface area contributed by atoms with Gasteiger partial charge < -0.3 is 5.32 Å². The van der Waals surface area contributed by atoms with Crippen LogP contribution < -0.4 is 5.32 Å². The SMILES string of the molecule is CCn1nc(C)c(C(C)NC(=O)c2cccc3c2CCC3=O)c1C. The molecule has 1 aliphatic carbocycles. The molecule has 1 unspecified atom stereocenters. The molecule has 0 saturated carbocycles. The monoisotopic (exact) mass is 325 g/mol. The van der Waals surface area contributed by atoms with E-state index in [2.05, 4.69) is 17.3 Å². The zero-order chi connectivity index (χ0) is 17.4. The number of hydrogen-bond acceptors (Lipinski definition) is 3. The Morgan fingerprint density at radius 1 is 1.33 bits per heavy atom. The number of carbonyl (C=O) groups is 2. The van der Waals surface area contributed by atoms with Crippen molar-refractivity contribution in [3.63, 3.8) is 0 Å². The molecular formula is C19H23N3O2. The fraction of sp³-hybridized carbons (Fsp3) is 0.421. The lowest BCUT2D eigenvalue weighted by Crippen LogP contribution is -2.28. The normalized spacial score (nSPS) is 14.6. The third kappa shape index (κ3) is 2.64. The van der Waals surface area contributed by atoms with E-state index < -0.39 is 0 Å². The zero-order valence-electron chi connectivity index (χ0n) is 14.6. The summed E-state index contributed by atoms with van der Waals surface area (Å²) in [4.78, 5) is 24.6. The Bertz CT molecular complexity index is 820. The van der Waals surface area contributed by atoms with Crippen molar-refractivity contribution in [3.8, 4) is 0 Å². The molecule has 1 aromatic carbocycles. The van der Waals surface area contributed by atoms with Gasteiger partial charge in [0.1, 0.15) is 0 Å². The van der Waals surface area contributed by atoms with E-state index >= 15 is 0 Å². The predicted molar refractivity (Wildman–Crippen MR) is 92.3 cm³/mol. The Morgan fingerprint density at radius 2 is 2.08 bits per heavy atom. The first-order valence-corrected chi connectivity index (χ1v) is 8.43. The highest BCUT2D eigenvalue weighted by Crippen LogP contribution is 2.27. The molecule has 2 aromatic rings. The molecule has 1 aliphatic rings. The van der Waals surface area contributed by atoms with E-state index in [4.69, 9.17) is 0 Å². The number of aromatic nitrogens is 2. The molecule has 1 N–H and O–H groups in total. The van der Waals surface area contributed by atoms with E-state index in [1.54, 1.807) is 12.1 Å². The van der Waals surface area contributed by atoms with Gasteiger partial charge in [0.2, 0.25) is 0 Å². The minimum absolute atomic E-state index is 0.128. The molecule has 0 saturated heterocycles. The molecule has 1 aromatic heterocycles. The lowest BCUT2D eigenvalue weighted by molar-refractivity contribution is 0.0938. The number of amides is 1. The molecule has 1 amide bonds. The average molecular weight is 325 g/mol. The average Bonchev–Trinajstić information content (AvgIpc) is 3.07. The second-order valence-corrected chi connectivity index (χ2v) is 6.35. The molecule has 0 bridgehead atoms. The molecule has 0 aliphatic heterocycles. The van der Waals surface area contributed by atoms with E-state index in [0.717, 1.165) is 29.1 Å². The lowest BCUT2D eigenvalue weighted by Gasteiger charge is -2.16. The Balaban J connectivity index is 1.86.